The number of halogens is 1. The summed E-state index contributed by atoms with van der Waals surface area (Å²) in [4.78, 5) is 13.3. The molecule has 1 amide bonds. The van der Waals surface area contributed by atoms with Crippen molar-refractivity contribution < 1.29 is 9.18 Å². The van der Waals surface area contributed by atoms with E-state index >= 15 is 0 Å². The molecule has 3 N–H and O–H groups in total. The van der Waals surface area contributed by atoms with Crippen LogP contribution in [0.25, 0.3) is 0 Å². The van der Waals surface area contributed by atoms with E-state index in [1.807, 2.05) is 11.8 Å². The van der Waals surface area contributed by atoms with Gasteiger partial charge in [0, 0.05) is 19.1 Å². The van der Waals surface area contributed by atoms with E-state index in [9.17, 15) is 9.18 Å². The van der Waals surface area contributed by atoms with Crippen molar-refractivity contribution in [3.8, 4) is 0 Å². The highest BCUT2D eigenvalue weighted by molar-refractivity contribution is 5.80. The molecule has 1 aliphatic carbocycles. The van der Waals surface area contributed by atoms with Crippen LogP contribution in [0.3, 0.4) is 0 Å². The van der Waals surface area contributed by atoms with E-state index in [-0.39, 0.29) is 11.7 Å². The Balaban J connectivity index is 2.08. The Bertz CT molecular complexity index is 448. The van der Waals surface area contributed by atoms with E-state index in [0.717, 1.165) is 12.8 Å². The summed E-state index contributed by atoms with van der Waals surface area (Å²) in [5.74, 6) is -0.666. The lowest BCUT2D eigenvalue weighted by molar-refractivity contribution is -0.119. The summed E-state index contributed by atoms with van der Waals surface area (Å²) in [6.45, 7) is 2.95. The molecule has 1 unspecified atom stereocenters. The van der Waals surface area contributed by atoms with Crippen LogP contribution < -0.4 is 16.0 Å². The van der Waals surface area contributed by atoms with Crippen molar-refractivity contribution in [3.63, 3.8) is 0 Å². The fourth-order valence-electron chi connectivity index (χ4n) is 2.09. The number of primary amides is 1. The van der Waals surface area contributed by atoms with Gasteiger partial charge in [0.25, 0.3) is 0 Å². The molecule has 1 saturated carbocycles. The molecule has 19 heavy (non-hydrogen) atoms. The number of nitrogens with two attached hydrogens (primary N) is 1. The zero-order valence-electron chi connectivity index (χ0n) is 11.1. The second-order valence-electron chi connectivity index (χ2n) is 4.89. The molecule has 0 aliphatic heterocycles. The van der Waals surface area contributed by atoms with E-state index in [0.29, 0.717) is 24.8 Å². The Labute approximate surface area is 112 Å². The summed E-state index contributed by atoms with van der Waals surface area (Å²) in [5.41, 5.74) is 5.92. The maximum atomic E-state index is 13.8. The van der Waals surface area contributed by atoms with E-state index < -0.39 is 6.04 Å². The van der Waals surface area contributed by atoms with Gasteiger partial charge in [0.1, 0.15) is 11.9 Å². The predicted octanol–water partition coefficient (Wildman–Crippen LogP) is 1.26. The summed E-state index contributed by atoms with van der Waals surface area (Å²) in [6.07, 6.45) is 2.16. The highest BCUT2D eigenvalue weighted by Gasteiger charge is 2.28. The minimum atomic E-state index is -0.438. The SMILES string of the molecule is CCN(CC(NC1CC1)C(N)=O)c1ccccc1F. The molecule has 1 aliphatic rings. The number of rotatable bonds is 7. The lowest BCUT2D eigenvalue weighted by atomic mass is 10.2. The van der Waals surface area contributed by atoms with Gasteiger partial charge in [0.05, 0.1) is 5.69 Å². The first-order valence-electron chi connectivity index (χ1n) is 6.66. The van der Waals surface area contributed by atoms with Gasteiger partial charge in [-0.1, -0.05) is 12.1 Å². The Morgan fingerprint density at radius 2 is 2.21 bits per heavy atom. The van der Waals surface area contributed by atoms with Gasteiger partial charge < -0.3 is 16.0 Å². The minimum absolute atomic E-state index is 0.279. The molecule has 5 heteroatoms. The standard InChI is InChI=1S/C14H20FN3O/c1-2-18(13-6-4-3-5-11(13)15)9-12(14(16)19)17-10-7-8-10/h3-6,10,12,17H,2,7-9H2,1H3,(H2,16,19). The summed E-state index contributed by atoms with van der Waals surface area (Å²) in [5, 5.41) is 3.21. The van der Waals surface area contributed by atoms with Gasteiger partial charge >= 0.3 is 0 Å². The molecule has 1 fully saturated rings. The molecule has 0 heterocycles. The maximum Gasteiger partial charge on any atom is 0.236 e. The topological polar surface area (TPSA) is 58.4 Å². The van der Waals surface area contributed by atoms with Gasteiger partial charge in [-0.3, -0.25) is 4.79 Å². The fourth-order valence-corrected chi connectivity index (χ4v) is 2.09. The monoisotopic (exact) mass is 265 g/mol. The van der Waals surface area contributed by atoms with Crippen LogP contribution in [0, 0.1) is 5.82 Å². The number of carbonyl (C=O) groups is 1. The van der Waals surface area contributed by atoms with E-state index in [1.54, 1.807) is 18.2 Å². The molecule has 4 nitrogen and oxygen atoms in total. The smallest absolute Gasteiger partial charge is 0.236 e. The Morgan fingerprint density at radius 3 is 2.74 bits per heavy atom. The number of benzene rings is 1. The highest BCUT2D eigenvalue weighted by Crippen LogP contribution is 2.21. The number of nitrogens with zero attached hydrogens (tertiary/aromatic N) is 1. The third-order valence-electron chi connectivity index (χ3n) is 3.34. The number of likely N-dealkylation sites (N-methyl/N-ethyl adjacent to an activating group) is 1. The van der Waals surface area contributed by atoms with Crippen molar-refractivity contribution in [1.29, 1.82) is 0 Å². The molecule has 1 aromatic carbocycles. The van der Waals surface area contributed by atoms with Crippen LogP contribution in [0.4, 0.5) is 10.1 Å². The Hall–Kier alpha value is -1.62. The molecule has 0 radical (unpaired) electrons. The molecule has 1 aromatic rings. The Morgan fingerprint density at radius 1 is 1.53 bits per heavy atom. The van der Waals surface area contributed by atoms with E-state index in [4.69, 9.17) is 5.73 Å². The van der Waals surface area contributed by atoms with Crippen molar-refractivity contribution in [2.75, 3.05) is 18.0 Å². The van der Waals surface area contributed by atoms with Gasteiger partial charge in [-0.25, -0.2) is 4.39 Å². The molecule has 0 bridgehead atoms. The van der Waals surface area contributed by atoms with Crippen LogP contribution in [0.5, 0.6) is 0 Å². The number of hydrogen-bond acceptors (Lipinski definition) is 3. The minimum Gasteiger partial charge on any atom is -0.368 e. The van der Waals surface area contributed by atoms with Crippen LogP contribution in [0.1, 0.15) is 19.8 Å². The predicted molar refractivity (Wildman–Crippen MR) is 73.4 cm³/mol. The van der Waals surface area contributed by atoms with Crippen LogP contribution in [-0.2, 0) is 4.79 Å². The van der Waals surface area contributed by atoms with E-state index in [2.05, 4.69) is 5.32 Å². The first-order chi connectivity index (χ1) is 9.11. The normalized spacial score (nSPS) is 16.1. The van der Waals surface area contributed by atoms with Gasteiger partial charge in [0.15, 0.2) is 0 Å². The van der Waals surface area contributed by atoms with Gasteiger partial charge in [-0.2, -0.15) is 0 Å². The largest absolute Gasteiger partial charge is 0.368 e. The molecular weight excluding hydrogens is 245 g/mol. The number of carbonyl (C=O) groups excluding carboxylic acids is 1. The van der Waals surface area contributed by atoms with E-state index in [1.165, 1.54) is 6.07 Å². The van der Waals surface area contributed by atoms with Gasteiger partial charge in [0.2, 0.25) is 5.91 Å². The van der Waals surface area contributed by atoms with Gasteiger partial charge in [-0.05, 0) is 31.9 Å². The summed E-state index contributed by atoms with van der Waals surface area (Å²) < 4.78 is 13.8. The molecule has 0 saturated heterocycles. The molecule has 0 spiro atoms. The highest BCUT2D eigenvalue weighted by atomic mass is 19.1. The molecule has 2 rings (SSSR count). The summed E-state index contributed by atoms with van der Waals surface area (Å²) >= 11 is 0. The van der Waals surface area contributed by atoms with Crippen molar-refractivity contribution in [1.82, 2.24) is 5.32 Å². The number of hydrogen-bond donors (Lipinski definition) is 2. The number of anilines is 1. The lowest BCUT2D eigenvalue weighted by Crippen LogP contribution is -2.50. The number of amides is 1. The fraction of sp³-hybridized carbons (Fsp3) is 0.500. The van der Waals surface area contributed by atoms with Crippen LogP contribution in [0.15, 0.2) is 24.3 Å². The van der Waals surface area contributed by atoms with Crippen molar-refractivity contribution in [2.24, 2.45) is 5.73 Å². The van der Waals surface area contributed by atoms with Gasteiger partial charge in [-0.15, -0.1) is 0 Å². The number of nitrogens with one attached hydrogen (secondary N) is 1. The quantitative estimate of drug-likeness (QED) is 0.780. The molecule has 104 valence electrons. The second kappa shape index (κ2) is 6.02. The average Bonchev–Trinajstić information content (AvgIpc) is 3.19. The number of para-hydroxylation sites is 1. The molecular formula is C14H20FN3O. The van der Waals surface area contributed by atoms with Crippen molar-refractivity contribution in [3.05, 3.63) is 30.1 Å². The maximum absolute atomic E-state index is 13.8. The van der Waals surface area contributed by atoms with Crippen LogP contribution in [-0.4, -0.2) is 31.1 Å². The van der Waals surface area contributed by atoms with Crippen LogP contribution in [0.2, 0.25) is 0 Å². The third kappa shape index (κ3) is 3.67. The van der Waals surface area contributed by atoms with Crippen molar-refractivity contribution in [2.45, 2.75) is 31.8 Å². The molecule has 0 aromatic heterocycles. The zero-order valence-corrected chi connectivity index (χ0v) is 11.1. The van der Waals surface area contributed by atoms with Crippen molar-refractivity contribution >= 4 is 11.6 Å². The first-order valence-corrected chi connectivity index (χ1v) is 6.66. The second-order valence-corrected chi connectivity index (χ2v) is 4.89. The average molecular weight is 265 g/mol. The summed E-state index contributed by atoms with van der Waals surface area (Å²) in [6, 6.07) is 6.53. The third-order valence-corrected chi connectivity index (χ3v) is 3.34. The first kappa shape index (κ1) is 13.8. The summed E-state index contributed by atoms with van der Waals surface area (Å²) in [7, 11) is 0. The molecule has 1 atom stereocenters. The van der Waals surface area contributed by atoms with Crippen LogP contribution >= 0.6 is 0 Å². The zero-order chi connectivity index (χ0) is 13.8. The Kier molecular flexibility index (Phi) is 4.37. The lowest BCUT2D eigenvalue weighted by Gasteiger charge is -2.27.